The Balaban J connectivity index is 0.000000169. The number of benzene rings is 2. The first-order valence-corrected chi connectivity index (χ1v) is 6.88. The van der Waals surface area contributed by atoms with Crippen molar-refractivity contribution in [3.63, 3.8) is 0 Å². The number of carbonyl (C=O) groups excluding carboxylic acids is 1. The van der Waals surface area contributed by atoms with Gasteiger partial charge in [0.25, 0.3) is 5.91 Å². The summed E-state index contributed by atoms with van der Waals surface area (Å²) in [5.41, 5.74) is 3.75. The lowest BCUT2D eigenvalue weighted by atomic mass is 10.2. The van der Waals surface area contributed by atoms with Crippen molar-refractivity contribution < 1.29 is 14.7 Å². The van der Waals surface area contributed by atoms with Crippen LogP contribution in [-0.4, -0.2) is 20.7 Å². The molecule has 3 aromatic rings. The maximum Gasteiger partial charge on any atom is 0.274 e. The average Bonchev–Trinajstić information content (AvgIpc) is 2.97. The van der Waals surface area contributed by atoms with Crippen LogP contribution in [0.25, 0.3) is 11.0 Å². The van der Waals surface area contributed by atoms with Crippen LogP contribution < -0.4 is 10.2 Å². The first-order chi connectivity index (χ1) is 10.7. The molecule has 6 heteroatoms. The lowest BCUT2D eigenvalue weighted by molar-refractivity contribution is 0.0706. The van der Waals surface area contributed by atoms with Gasteiger partial charge in [-0.15, -0.1) is 0 Å². The third kappa shape index (κ3) is 2.64. The maximum absolute atomic E-state index is 11.2. The van der Waals surface area contributed by atoms with Gasteiger partial charge in [0.1, 0.15) is 11.5 Å². The Morgan fingerprint density at radius 3 is 2.50 bits per heavy atom. The fourth-order valence-electron chi connectivity index (χ4n) is 2.19. The number of hydrogen-bond donors (Lipinski definition) is 2. The van der Waals surface area contributed by atoms with E-state index >= 15 is 0 Å². The van der Waals surface area contributed by atoms with E-state index in [4.69, 9.17) is 9.94 Å². The number of imidazole rings is 1. The molecule has 2 N–H and O–H groups in total. The summed E-state index contributed by atoms with van der Waals surface area (Å²) in [7, 11) is 0. The molecule has 6 nitrogen and oxygen atoms in total. The highest BCUT2D eigenvalue weighted by molar-refractivity contribution is 5.96. The number of nitrogens with one attached hydrogen (secondary N) is 1. The van der Waals surface area contributed by atoms with Crippen LogP contribution in [0.1, 0.15) is 17.3 Å². The van der Waals surface area contributed by atoms with Crippen molar-refractivity contribution in [2.75, 3.05) is 0 Å². The summed E-state index contributed by atoms with van der Waals surface area (Å²) >= 11 is 0. The van der Waals surface area contributed by atoms with Gasteiger partial charge in [0.15, 0.2) is 0 Å². The Morgan fingerprint density at radius 1 is 1.27 bits per heavy atom. The van der Waals surface area contributed by atoms with Crippen LogP contribution in [0.2, 0.25) is 0 Å². The van der Waals surface area contributed by atoms with Crippen LogP contribution in [0.5, 0.6) is 11.5 Å². The first-order valence-electron chi connectivity index (χ1n) is 6.88. The molecule has 5 rings (SSSR count). The molecule has 3 heterocycles. The number of hydrogen-bond acceptors (Lipinski definition) is 4. The predicted molar refractivity (Wildman–Crippen MR) is 81.2 cm³/mol. The van der Waals surface area contributed by atoms with E-state index in [0.717, 1.165) is 29.1 Å². The number of nitrogens with zero attached hydrogens (tertiary/aromatic N) is 2. The highest BCUT2D eigenvalue weighted by Gasteiger charge is 2.07. The highest BCUT2D eigenvalue weighted by Crippen LogP contribution is 2.32. The fraction of sp³-hybridized carbons (Fsp3) is 0.125. The Hall–Kier alpha value is -2.86. The van der Waals surface area contributed by atoms with Crippen LogP contribution in [0.15, 0.2) is 48.8 Å². The number of amides is 1. The van der Waals surface area contributed by atoms with E-state index in [1.807, 2.05) is 35.8 Å². The molecule has 2 aromatic carbocycles. The largest absolute Gasteiger partial charge is 0.457 e. The molecule has 0 fully saturated rings. The Labute approximate surface area is 126 Å². The summed E-state index contributed by atoms with van der Waals surface area (Å²) in [4.78, 5) is 15.4. The third-order valence-corrected chi connectivity index (χ3v) is 3.37. The van der Waals surface area contributed by atoms with E-state index in [1.165, 1.54) is 0 Å². The summed E-state index contributed by atoms with van der Waals surface area (Å²) in [6, 6.07) is 12.9. The number of carbonyl (C=O) groups is 1. The molecule has 2 aliphatic heterocycles. The quantitative estimate of drug-likeness (QED) is 0.440. The van der Waals surface area contributed by atoms with Gasteiger partial charge in [0.05, 0.1) is 17.4 Å². The second-order valence-electron chi connectivity index (χ2n) is 4.75. The topological polar surface area (TPSA) is 76.4 Å². The molecule has 2 aliphatic rings. The molecule has 0 spiro atoms. The summed E-state index contributed by atoms with van der Waals surface area (Å²) in [5, 5.41) is 8.52. The van der Waals surface area contributed by atoms with Crippen molar-refractivity contribution in [1.29, 1.82) is 0 Å². The lowest BCUT2D eigenvalue weighted by Gasteiger charge is -2.13. The second kappa shape index (κ2) is 5.87. The molecule has 2 bridgehead atoms. The van der Waals surface area contributed by atoms with Gasteiger partial charge >= 0.3 is 0 Å². The highest BCUT2D eigenvalue weighted by atomic mass is 16.5. The molecule has 1 aromatic heterocycles. The van der Waals surface area contributed by atoms with Gasteiger partial charge in [0, 0.05) is 18.2 Å². The summed E-state index contributed by atoms with van der Waals surface area (Å²) in [5.74, 6) is 1.45. The lowest BCUT2D eigenvalue weighted by Crippen LogP contribution is -2.18. The molecular weight excluding hydrogens is 282 g/mol. The van der Waals surface area contributed by atoms with Gasteiger partial charge in [0.2, 0.25) is 0 Å². The van der Waals surface area contributed by atoms with Crippen LogP contribution >= 0.6 is 0 Å². The molecular formula is C16H15N3O3. The van der Waals surface area contributed by atoms with E-state index < -0.39 is 5.91 Å². The van der Waals surface area contributed by atoms with Gasteiger partial charge in [-0.3, -0.25) is 10.0 Å². The molecule has 112 valence electrons. The zero-order valence-corrected chi connectivity index (χ0v) is 12.0. The first kappa shape index (κ1) is 14.1. The zero-order chi connectivity index (χ0) is 15.5. The van der Waals surface area contributed by atoms with Crippen molar-refractivity contribution in [1.82, 2.24) is 15.0 Å². The van der Waals surface area contributed by atoms with Crippen molar-refractivity contribution >= 4 is 16.9 Å². The number of ether oxygens (including phenoxy) is 1. The van der Waals surface area contributed by atoms with Gasteiger partial charge in [-0.2, -0.15) is 0 Å². The van der Waals surface area contributed by atoms with E-state index in [9.17, 15) is 4.79 Å². The molecule has 0 aliphatic carbocycles. The zero-order valence-electron chi connectivity index (χ0n) is 12.0. The second-order valence-corrected chi connectivity index (χ2v) is 4.75. The van der Waals surface area contributed by atoms with E-state index in [-0.39, 0.29) is 0 Å². The monoisotopic (exact) mass is 297 g/mol. The third-order valence-electron chi connectivity index (χ3n) is 3.37. The van der Waals surface area contributed by atoms with Crippen LogP contribution in [0.4, 0.5) is 0 Å². The van der Waals surface area contributed by atoms with Gasteiger partial charge < -0.3 is 9.30 Å². The fourth-order valence-corrected chi connectivity index (χ4v) is 2.19. The Morgan fingerprint density at radius 2 is 2.00 bits per heavy atom. The molecule has 0 atom stereocenters. The standard InChI is InChI=1S/C10H11N3O2.C6H4O/c1-2-13-6-11-8-4-3-7(5-9(8)13)10(14)12-15;1-2-5-4-6(3-1)7-5/h3-6,15H,2H2,1H3,(H,12,14);1-4H. The number of fused-ring (bicyclic) bond motifs is 3. The molecule has 1 amide bonds. The molecule has 0 radical (unpaired) electrons. The number of aromatic nitrogens is 2. The van der Waals surface area contributed by atoms with Crippen molar-refractivity contribution in [3.05, 3.63) is 54.4 Å². The minimum atomic E-state index is -0.513. The number of aryl methyl sites for hydroxylation is 1. The minimum absolute atomic E-state index is 0.417. The SMILES string of the molecule is CCn1cnc2ccc(C(=O)NO)cc21.c1cc2cc(c1)O2. The van der Waals surface area contributed by atoms with E-state index in [2.05, 4.69) is 4.98 Å². The summed E-state index contributed by atoms with van der Waals surface area (Å²) < 4.78 is 6.94. The Kier molecular flexibility index (Phi) is 3.76. The number of hydroxylamine groups is 1. The summed E-state index contributed by atoms with van der Waals surface area (Å²) in [6.45, 7) is 2.79. The van der Waals surface area contributed by atoms with Crippen LogP contribution in [0.3, 0.4) is 0 Å². The number of rotatable bonds is 2. The molecule has 0 saturated carbocycles. The van der Waals surface area contributed by atoms with E-state index in [1.54, 1.807) is 30.0 Å². The normalized spacial score (nSPS) is 11.0. The van der Waals surface area contributed by atoms with Gasteiger partial charge in [-0.1, -0.05) is 6.07 Å². The van der Waals surface area contributed by atoms with Crippen LogP contribution in [0, 0.1) is 0 Å². The van der Waals surface area contributed by atoms with Gasteiger partial charge in [-0.05, 0) is 37.3 Å². The Bertz CT molecular complexity index is 802. The van der Waals surface area contributed by atoms with Crippen LogP contribution in [-0.2, 0) is 6.54 Å². The minimum Gasteiger partial charge on any atom is -0.457 e. The smallest absolute Gasteiger partial charge is 0.274 e. The average molecular weight is 297 g/mol. The predicted octanol–water partition coefficient (Wildman–Crippen LogP) is 2.97. The molecule has 0 saturated heterocycles. The van der Waals surface area contributed by atoms with E-state index in [0.29, 0.717) is 5.56 Å². The van der Waals surface area contributed by atoms with Crippen molar-refractivity contribution in [3.8, 4) is 11.5 Å². The molecule has 22 heavy (non-hydrogen) atoms. The van der Waals surface area contributed by atoms with Crippen molar-refractivity contribution in [2.24, 2.45) is 0 Å². The maximum atomic E-state index is 11.2. The molecule has 0 unspecified atom stereocenters. The van der Waals surface area contributed by atoms with Crippen molar-refractivity contribution in [2.45, 2.75) is 13.5 Å². The summed E-state index contributed by atoms with van der Waals surface area (Å²) in [6.07, 6.45) is 1.73. The van der Waals surface area contributed by atoms with Gasteiger partial charge in [-0.25, -0.2) is 10.5 Å².